The molecule has 0 bridgehead atoms. The molecule has 27 heavy (non-hydrogen) atoms. The first-order valence-electron chi connectivity index (χ1n) is 7.66. The third-order valence-corrected chi connectivity index (χ3v) is 5.58. The average Bonchev–Trinajstić information content (AvgIpc) is 3.06. The molecule has 0 fully saturated rings. The van der Waals surface area contributed by atoms with E-state index in [9.17, 15) is 14.9 Å². The first-order chi connectivity index (χ1) is 13.0. The summed E-state index contributed by atoms with van der Waals surface area (Å²) in [5.74, 6) is -0.491. The maximum Gasteiger partial charge on any atom is 0.284 e. The topological polar surface area (TPSA) is 109 Å². The van der Waals surface area contributed by atoms with E-state index in [1.165, 1.54) is 41.3 Å². The van der Waals surface area contributed by atoms with Gasteiger partial charge in [0.1, 0.15) is 0 Å². The van der Waals surface area contributed by atoms with Crippen LogP contribution in [0.1, 0.15) is 21.6 Å². The first kappa shape index (κ1) is 18.6. The van der Waals surface area contributed by atoms with Gasteiger partial charge in [-0.15, -0.1) is 11.3 Å². The Hall–Kier alpha value is -3.22. The van der Waals surface area contributed by atoms with E-state index >= 15 is 0 Å². The van der Waals surface area contributed by atoms with Crippen LogP contribution in [0.4, 0.5) is 11.4 Å². The lowest BCUT2D eigenvalue weighted by molar-refractivity contribution is -0.387. The van der Waals surface area contributed by atoms with Gasteiger partial charge in [-0.3, -0.25) is 14.9 Å². The number of carbonyl (C=O) groups is 1. The molecule has 0 radical (unpaired) electrons. The number of nitrogens with one attached hydrogen (secondary N) is 1. The second-order valence-electron chi connectivity index (χ2n) is 5.44. The Bertz CT molecular complexity index is 1070. The van der Waals surface area contributed by atoms with Crippen LogP contribution in [0, 0.1) is 28.4 Å². The number of carbonyl (C=O) groups excluding carboxylic acids is 1. The van der Waals surface area contributed by atoms with Crippen LogP contribution in [0.3, 0.4) is 0 Å². The molecular weight excluding hydrogens is 384 g/mol. The summed E-state index contributed by atoms with van der Waals surface area (Å²) < 4.78 is 0.695. The molecule has 2 aromatic carbocycles. The summed E-state index contributed by atoms with van der Waals surface area (Å²) in [7, 11) is 0. The monoisotopic (exact) mass is 396 g/mol. The zero-order valence-electron chi connectivity index (χ0n) is 14.0. The molecule has 0 spiro atoms. The third-order valence-electron chi connectivity index (χ3n) is 3.46. The molecule has 9 heteroatoms. The van der Waals surface area contributed by atoms with E-state index in [1.54, 1.807) is 24.3 Å². The Balaban J connectivity index is 1.85. The van der Waals surface area contributed by atoms with Gasteiger partial charge < -0.3 is 5.32 Å². The number of rotatable bonds is 5. The first-order valence-corrected chi connectivity index (χ1v) is 9.36. The number of anilines is 1. The highest BCUT2D eigenvalue weighted by Gasteiger charge is 2.19. The lowest BCUT2D eigenvalue weighted by Gasteiger charge is -2.07. The fourth-order valence-electron chi connectivity index (χ4n) is 2.23. The van der Waals surface area contributed by atoms with Gasteiger partial charge in [0.15, 0.2) is 4.34 Å². The number of hydrogen-bond donors (Lipinski definition) is 1. The standard InChI is InChI=1S/C18H12N4O3S2/c1-11-10-26-18(20-11)27-16-6-5-13(8-15(16)22(24)25)17(23)21-14-4-2-3-12(7-14)9-19/h2-8,10H,1H3,(H,21,23). The number of nitrogens with zero attached hydrogens (tertiary/aromatic N) is 3. The van der Waals surface area contributed by atoms with Crippen LogP contribution in [0.2, 0.25) is 0 Å². The largest absolute Gasteiger partial charge is 0.322 e. The minimum Gasteiger partial charge on any atom is -0.322 e. The molecule has 0 saturated heterocycles. The predicted molar refractivity (Wildman–Crippen MR) is 103 cm³/mol. The molecule has 1 amide bonds. The van der Waals surface area contributed by atoms with Crippen LogP contribution in [0.15, 0.2) is 57.1 Å². The van der Waals surface area contributed by atoms with Crippen molar-refractivity contribution in [1.82, 2.24) is 4.98 Å². The number of nitro groups is 1. The summed E-state index contributed by atoms with van der Waals surface area (Å²) in [4.78, 5) is 28.1. The van der Waals surface area contributed by atoms with Crippen molar-refractivity contribution in [1.29, 1.82) is 5.26 Å². The van der Waals surface area contributed by atoms with Crippen molar-refractivity contribution in [3.63, 3.8) is 0 Å². The lowest BCUT2D eigenvalue weighted by Crippen LogP contribution is -2.12. The van der Waals surface area contributed by atoms with E-state index in [4.69, 9.17) is 5.26 Å². The maximum atomic E-state index is 12.4. The van der Waals surface area contributed by atoms with E-state index < -0.39 is 10.8 Å². The van der Waals surface area contributed by atoms with Crippen molar-refractivity contribution < 1.29 is 9.72 Å². The van der Waals surface area contributed by atoms with Crippen molar-refractivity contribution in [2.24, 2.45) is 0 Å². The summed E-state index contributed by atoms with van der Waals surface area (Å²) in [6.07, 6.45) is 0. The van der Waals surface area contributed by atoms with Crippen molar-refractivity contribution in [2.45, 2.75) is 16.2 Å². The summed E-state index contributed by atoms with van der Waals surface area (Å²) in [6, 6.07) is 12.7. The highest BCUT2D eigenvalue weighted by Crippen LogP contribution is 2.36. The van der Waals surface area contributed by atoms with E-state index in [1.807, 2.05) is 18.4 Å². The zero-order chi connectivity index (χ0) is 19.4. The molecule has 0 aliphatic rings. The molecule has 7 nitrogen and oxygen atoms in total. The van der Waals surface area contributed by atoms with Crippen LogP contribution < -0.4 is 5.32 Å². The quantitative estimate of drug-likeness (QED) is 0.497. The number of hydrogen-bond acceptors (Lipinski definition) is 7. The molecule has 3 aromatic rings. The number of aryl methyl sites for hydroxylation is 1. The highest BCUT2D eigenvalue weighted by molar-refractivity contribution is 8.01. The van der Waals surface area contributed by atoms with Gasteiger partial charge in [-0.05, 0) is 37.3 Å². The Morgan fingerprint density at radius 1 is 1.33 bits per heavy atom. The normalized spacial score (nSPS) is 10.2. The number of thiazole rings is 1. The zero-order valence-corrected chi connectivity index (χ0v) is 15.6. The van der Waals surface area contributed by atoms with Crippen LogP contribution in [0.5, 0.6) is 0 Å². The Kier molecular flexibility index (Phi) is 5.49. The SMILES string of the molecule is Cc1csc(Sc2ccc(C(=O)Nc3cccc(C#N)c3)cc2[N+](=O)[O-])n1. The summed E-state index contributed by atoms with van der Waals surface area (Å²) in [6.45, 7) is 1.85. The van der Waals surface area contributed by atoms with Gasteiger partial charge in [0.25, 0.3) is 11.6 Å². The van der Waals surface area contributed by atoms with Gasteiger partial charge in [-0.1, -0.05) is 17.8 Å². The minimum atomic E-state index is -0.518. The van der Waals surface area contributed by atoms with E-state index in [2.05, 4.69) is 10.3 Å². The molecule has 0 saturated carbocycles. The van der Waals surface area contributed by atoms with Gasteiger partial charge in [-0.25, -0.2) is 4.98 Å². The number of benzene rings is 2. The van der Waals surface area contributed by atoms with Crippen molar-refractivity contribution >= 4 is 40.4 Å². The van der Waals surface area contributed by atoms with Gasteiger partial charge in [0.2, 0.25) is 0 Å². The molecule has 0 unspecified atom stereocenters. The minimum absolute atomic E-state index is 0.156. The maximum absolute atomic E-state index is 12.4. The summed E-state index contributed by atoms with van der Waals surface area (Å²) >= 11 is 2.59. The summed E-state index contributed by atoms with van der Waals surface area (Å²) in [5.41, 5.74) is 1.69. The fraction of sp³-hybridized carbons (Fsp3) is 0.0556. The van der Waals surface area contributed by atoms with E-state index in [-0.39, 0.29) is 11.3 Å². The number of nitro benzene ring substituents is 1. The molecule has 1 N–H and O–H groups in total. The molecular formula is C18H12N4O3S2. The molecule has 134 valence electrons. The third kappa shape index (κ3) is 4.49. The second kappa shape index (κ2) is 7.99. The Morgan fingerprint density at radius 3 is 2.81 bits per heavy atom. The lowest BCUT2D eigenvalue weighted by atomic mass is 10.1. The van der Waals surface area contributed by atoms with E-state index in [0.29, 0.717) is 20.5 Å². The fourth-order valence-corrected chi connectivity index (χ4v) is 4.11. The number of aromatic nitrogens is 1. The summed E-state index contributed by atoms with van der Waals surface area (Å²) in [5, 5.41) is 24.9. The van der Waals surface area contributed by atoms with E-state index in [0.717, 1.165) is 5.69 Å². The van der Waals surface area contributed by atoms with Crippen LogP contribution in [-0.2, 0) is 0 Å². The molecule has 1 heterocycles. The highest BCUT2D eigenvalue weighted by atomic mass is 32.2. The van der Waals surface area contributed by atoms with Crippen LogP contribution in [-0.4, -0.2) is 15.8 Å². The van der Waals surface area contributed by atoms with Gasteiger partial charge in [0.05, 0.1) is 21.5 Å². The Labute approximate surface area is 162 Å². The van der Waals surface area contributed by atoms with Crippen LogP contribution in [0.25, 0.3) is 0 Å². The van der Waals surface area contributed by atoms with Crippen molar-refractivity contribution in [3.8, 4) is 6.07 Å². The van der Waals surface area contributed by atoms with Crippen LogP contribution >= 0.6 is 23.1 Å². The average molecular weight is 396 g/mol. The van der Waals surface area contributed by atoms with Crippen molar-refractivity contribution in [2.75, 3.05) is 5.32 Å². The molecule has 1 aromatic heterocycles. The molecule has 3 rings (SSSR count). The molecule has 0 atom stereocenters. The second-order valence-corrected chi connectivity index (χ2v) is 7.59. The molecule has 0 aliphatic carbocycles. The number of nitriles is 1. The van der Waals surface area contributed by atoms with Crippen molar-refractivity contribution in [3.05, 3.63) is 74.8 Å². The Morgan fingerprint density at radius 2 is 2.15 bits per heavy atom. The predicted octanol–water partition coefficient (Wildman–Crippen LogP) is 4.63. The van der Waals surface area contributed by atoms with Gasteiger partial charge in [0, 0.05) is 28.4 Å². The van der Waals surface area contributed by atoms with Gasteiger partial charge >= 0.3 is 0 Å². The smallest absolute Gasteiger partial charge is 0.284 e. The number of amides is 1. The molecule has 0 aliphatic heterocycles. The van der Waals surface area contributed by atoms with Gasteiger partial charge in [-0.2, -0.15) is 5.26 Å².